The molecule has 2 saturated carbocycles. The molecule has 2 aliphatic carbocycles. The third kappa shape index (κ3) is 5.63. The number of para-hydroxylation sites is 1. The zero-order valence-corrected chi connectivity index (χ0v) is 21.4. The number of urea groups is 1. The molecule has 0 heterocycles. The predicted octanol–water partition coefficient (Wildman–Crippen LogP) is 4.56. The molecule has 7 heteroatoms. The van der Waals surface area contributed by atoms with E-state index in [1.54, 1.807) is 18.0 Å². The van der Waals surface area contributed by atoms with Crippen LogP contribution in [0.15, 0.2) is 54.6 Å². The van der Waals surface area contributed by atoms with E-state index in [1.807, 2.05) is 31.3 Å². The molecular formula is C27H37N3O3S. The zero-order valence-electron chi connectivity index (χ0n) is 20.5. The highest BCUT2D eigenvalue weighted by atomic mass is 32.2. The number of hydrogen-bond donors (Lipinski definition) is 1. The van der Waals surface area contributed by atoms with Crippen molar-refractivity contribution in [2.75, 3.05) is 31.8 Å². The van der Waals surface area contributed by atoms with Crippen LogP contribution in [0, 0.1) is 5.92 Å². The first-order valence-electron chi connectivity index (χ1n) is 12.3. The number of anilines is 1. The second-order valence-corrected chi connectivity index (χ2v) is 12.2. The van der Waals surface area contributed by atoms with Gasteiger partial charge < -0.3 is 10.2 Å². The summed E-state index contributed by atoms with van der Waals surface area (Å²) in [6, 6.07) is 18.1. The van der Waals surface area contributed by atoms with Gasteiger partial charge in [-0.3, -0.25) is 4.90 Å². The second kappa shape index (κ2) is 10.1. The lowest BCUT2D eigenvalue weighted by Crippen LogP contribution is -2.52. The SMILES string of the molecule is CNC1(c2ccccc2)CCC(N(CC2CC2)C(=O)N(C)c2ccccc2CS(C)(=O)=O)CC1. The average Bonchev–Trinajstić information content (AvgIpc) is 3.66. The van der Waals surface area contributed by atoms with E-state index >= 15 is 0 Å². The fourth-order valence-electron chi connectivity index (χ4n) is 5.35. The van der Waals surface area contributed by atoms with E-state index in [0.717, 1.165) is 32.2 Å². The molecule has 0 aliphatic heterocycles. The summed E-state index contributed by atoms with van der Waals surface area (Å²) in [6.45, 7) is 0.778. The molecule has 2 aliphatic rings. The van der Waals surface area contributed by atoms with Crippen LogP contribution < -0.4 is 10.2 Å². The van der Waals surface area contributed by atoms with Crippen LogP contribution in [0.4, 0.5) is 10.5 Å². The average molecular weight is 484 g/mol. The van der Waals surface area contributed by atoms with E-state index < -0.39 is 9.84 Å². The van der Waals surface area contributed by atoms with Gasteiger partial charge in [-0.25, -0.2) is 13.2 Å². The number of amides is 2. The number of rotatable bonds is 8. The van der Waals surface area contributed by atoms with Crippen molar-refractivity contribution in [1.29, 1.82) is 0 Å². The van der Waals surface area contributed by atoms with E-state index in [9.17, 15) is 13.2 Å². The van der Waals surface area contributed by atoms with E-state index in [1.165, 1.54) is 24.7 Å². The molecule has 2 amide bonds. The van der Waals surface area contributed by atoms with Gasteiger partial charge in [-0.1, -0.05) is 48.5 Å². The highest BCUT2D eigenvalue weighted by molar-refractivity contribution is 7.89. The molecule has 6 nitrogen and oxygen atoms in total. The fraction of sp³-hybridized carbons (Fsp3) is 0.519. The quantitative estimate of drug-likeness (QED) is 0.598. The summed E-state index contributed by atoms with van der Waals surface area (Å²) >= 11 is 0. The molecule has 184 valence electrons. The lowest BCUT2D eigenvalue weighted by Gasteiger charge is -2.45. The van der Waals surface area contributed by atoms with Gasteiger partial charge in [0.1, 0.15) is 0 Å². The van der Waals surface area contributed by atoms with Crippen LogP contribution in [0.25, 0.3) is 0 Å². The maximum absolute atomic E-state index is 13.8. The summed E-state index contributed by atoms with van der Waals surface area (Å²) in [5, 5.41) is 3.58. The maximum Gasteiger partial charge on any atom is 0.324 e. The smallest absolute Gasteiger partial charge is 0.321 e. The van der Waals surface area contributed by atoms with Crippen molar-refractivity contribution in [2.24, 2.45) is 5.92 Å². The van der Waals surface area contributed by atoms with Gasteiger partial charge >= 0.3 is 6.03 Å². The van der Waals surface area contributed by atoms with Crippen LogP contribution in [-0.2, 0) is 21.1 Å². The predicted molar refractivity (Wildman–Crippen MR) is 138 cm³/mol. The molecule has 34 heavy (non-hydrogen) atoms. The highest BCUT2D eigenvalue weighted by Gasteiger charge is 2.40. The molecule has 2 aromatic rings. The van der Waals surface area contributed by atoms with Gasteiger partial charge in [-0.15, -0.1) is 0 Å². The molecule has 4 rings (SSSR count). The van der Waals surface area contributed by atoms with Crippen molar-refractivity contribution in [2.45, 2.75) is 55.9 Å². The van der Waals surface area contributed by atoms with Crippen molar-refractivity contribution < 1.29 is 13.2 Å². The monoisotopic (exact) mass is 483 g/mol. The first kappa shape index (κ1) is 24.7. The van der Waals surface area contributed by atoms with E-state index in [0.29, 0.717) is 17.2 Å². The molecule has 0 unspecified atom stereocenters. The molecule has 0 aromatic heterocycles. The van der Waals surface area contributed by atoms with Gasteiger partial charge in [0, 0.05) is 37.1 Å². The van der Waals surface area contributed by atoms with Gasteiger partial charge in [0.05, 0.1) is 5.75 Å². The molecule has 0 bridgehead atoms. The number of hydrogen-bond acceptors (Lipinski definition) is 4. The van der Waals surface area contributed by atoms with Gasteiger partial charge in [0.25, 0.3) is 0 Å². The number of nitrogens with zero attached hydrogens (tertiary/aromatic N) is 2. The van der Waals surface area contributed by atoms with Crippen molar-refractivity contribution in [3.8, 4) is 0 Å². The lowest BCUT2D eigenvalue weighted by molar-refractivity contribution is 0.125. The third-order valence-electron chi connectivity index (χ3n) is 7.51. The van der Waals surface area contributed by atoms with Gasteiger partial charge in [0.2, 0.25) is 0 Å². The van der Waals surface area contributed by atoms with Crippen molar-refractivity contribution in [3.63, 3.8) is 0 Å². The molecular weight excluding hydrogens is 446 g/mol. The molecule has 0 spiro atoms. The Morgan fingerprint density at radius 3 is 2.21 bits per heavy atom. The number of carbonyl (C=O) groups excluding carboxylic acids is 1. The number of sulfone groups is 1. The number of carbonyl (C=O) groups is 1. The minimum absolute atomic E-state index is 0.0329. The third-order valence-corrected chi connectivity index (χ3v) is 8.34. The summed E-state index contributed by atoms with van der Waals surface area (Å²) in [5.74, 6) is 0.503. The van der Waals surface area contributed by atoms with Crippen molar-refractivity contribution in [3.05, 3.63) is 65.7 Å². The minimum Gasteiger partial charge on any atom is -0.321 e. The highest BCUT2D eigenvalue weighted by Crippen LogP contribution is 2.40. The Kier molecular flexibility index (Phi) is 7.33. The van der Waals surface area contributed by atoms with E-state index in [4.69, 9.17) is 0 Å². The Balaban J connectivity index is 1.53. The Hall–Kier alpha value is -2.38. The zero-order chi connectivity index (χ0) is 24.3. The van der Waals surface area contributed by atoms with Crippen LogP contribution in [0.5, 0.6) is 0 Å². The number of nitrogens with one attached hydrogen (secondary N) is 1. The summed E-state index contributed by atoms with van der Waals surface area (Å²) in [5.41, 5.74) is 2.58. The molecule has 0 radical (unpaired) electrons. The molecule has 0 saturated heterocycles. The summed E-state index contributed by atoms with van der Waals surface area (Å²) in [7, 11) is 0.597. The van der Waals surface area contributed by atoms with Crippen molar-refractivity contribution >= 4 is 21.6 Å². The standard InChI is InChI=1S/C27H37N3O3S/c1-28-27(23-10-5-4-6-11-23)17-15-24(16-18-27)30(19-21-13-14-21)26(31)29(2)25-12-8-7-9-22(25)20-34(3,32)33/h4-12,21,24,28H,13-20H2,1-3H3. The molecule has 1 N–H and O–H groups in total. The first-order valence-corrected chi connectivity index (χ1v) is 14.3. The normalized spacial score (nSPS) is 22.9. The van der Waals surface area contributed by atoms with Crippen LogP contribution in [0.3, 0.4) is 0 Å². The van der Waals surface area contributed by atoms with Gasteiger partial charge in [0.15, 0.2) is 9.84 Å². The molecule has 2 fully saturated rings. The first-order chi connectivity index (χ1) is 16.2. The van der Waals surface area contributed by atoms with Crippen LogP contribution >= 0.6 is 0 Å². The minimum atomic E-state index is -3.21. The maximum atomic E-state index is 13.8. The Bertz CT molecular complexity index is 1090. The summed E-state index contributed by atoms with van der Waals surface area (Å²) in [4.78, 5) is 17.5. The fourth-order valence-corrected chi connectivity index (χ4v) is 6.16. The Morgan fingerprint density at radius 2 is 1.62 bits per heavy atom. The molecule has 2 aromatic carbocycles. The van der Waals surface area contributed by atoms with Gasteiger partial charge in [-0.05, 0) is 68.7 Å². The van der Waals surface area contributed by atoms with E-state index in [2.05, 4.69) is 34.5 Å². The molecule has 0 atom stereocenters. The Morgan fingerprint density at radius 1 is 1.00 bits per heavy atom. The summed E-state index contributed by atoms with van der Waals surface area (Å²) in [6.07, 6.45) is 7.40. The van der Waals surface area contributed by atoms with Crippen LogP contribution in [-0.4, -0.2) is 52.3 Å². The van der Waals surface area contributed by atoms with E-state index in [-0.39, 0.29) is 23.4 Å². The topological polar surface area (TPSA) is 69.7 Å². The lowest BCUT2D eigenvalue weighted by atomic mass is 9.74. The largest absolute Gasteiger partial charge is 0.324 e. The second-order valence-electron chi connectivity index (χ2n) is 10.1. The van der Waals surface area contributed by atoms with Crippen LogP contribution in [0.2, 0.25) is 0 Å². The van der Waals surface area contributed by atoms with Gasteiger partial charge in [-0.2, -0.15) is 0 Å². The van der Waals surface area contributed by atoms with Crippen molar-refractivity contribution in [1.82, 2.24) is 10.2 Å². The Labute approximate surface area is 204 Å². The summed E-state index contributed by atoms with van der Waals surface area (Å²) < 4.78 is 23.9. The number of benzene rings is 2. The van der Waals surface area contributed by atoms with Crippen LogP contribution in [0.1, 0.15) is 49.7 Å².